The molecule has 1 atom stereocenters. The summed E-state index contributed by atoms with van der Waals surface area (Å²) in [6.45, 7) is 4.16. The number of halogens is 2. The van der Waals surface area contributed by atoms with Gasteiger partial charge in [0, 0.05) is 17.8 Å². The summed E-state index contributed by atoms with van der Waals surface area (Å²) in [5, 5.41) is 0. The average molecular weight is 265 g/mol. The van der Waals surface area contributed by atoms with Crippen LogP contribution in [0.15, 0.2) is 30.7 Å². The molecule has 0 aliphatic rings. The van der Waals surface area contributed by atoms with Crippen LogP contribution in [0.25, 0.3) is 5.69 Å². The lowest BCUT2D eigenvalue weighted by Crippen LogP contribution is -2.16. The second-order valence-corrected chi connectivity index (χ2v) is 5.02. The first-order chi connectivity index (χ1) is 8.99. The first-order valence-corrected chi connectivity index (χ1v) is 6.22. The zero-order valence-corrected chi connectivity index (χ0v) is 11.0. The molecule has 2 rings (SSSR count). The highest BCUT2D eigenvalue weighted by atomic mass is 19.2. The van der Waals surface area contributed by atoms with Gasteiger partial charge in [-0.3, -0.25) is 0 Å². The standard InChI is InChI=1S/C14H17F2N3/c1-9(2)5-13(17)14-7-18-8-19(14)10-3-4-11(15)12(16)6-10/h3-4,6-9,13H,5,17H2,1-2H3. The molecule has 0 amide bonds. The minimum Gasteiger partial charge on any atom is -0.323 e. The minimum atomic E-state index is -0.880. The molecule has 2 N–H and O–H groups in total. The van der Waals surface area contributed by atoms with Crippen LogP contribution in [0, 0.1) is 17.6 Å². The topological polar surface area (TPSA) is 43.8 Å². The average Bonchev–Trinajstić information content (AvgIpc) is 2.81. The second kappa shape index (κ2) is 5.48. The van der Waals surface area contributed by atoms with E-state index in [1.807, 2.05) is 0 Å². The number of nitrogens with two attached hydrogens (primary N) is 1. The molecule has 1 unspecified atom stereocenters. The van der Waals surface area contributed by atoms with Gasteiger partial charge < -0.3 is 10.3 Å². The van der Waals surface area contributed by atoms with Crippen LogP contribution in [0.2, 0.25) is 0 Å². The molecule has 5 heteroatoms. The van der Waals surface area contributed by atoms with Gasteiger partial charge in [-0.1, -0.05) is 13.8 Å². The number of aromatic nitrogens is 2. The van der Waals surface area contributed by atoms with Crippen LogP contribution in [-0.2, 0) is 0 Å². The van der Waals surface area contributed by atoms with E-state index in [1.54, 1.807) is 17.1 Å². The van der Waals surface area contributed by atoms with Crippen LogP contribution in [0.1, 0.15) is 32.0 Å². The van der Waals surface area contributed by atoms with Gasteiger partial charge >= 0.3 is 0 Å². The fourth-order valence-electron chi connectivity index (χ4n) is 2.06. The molecule has 0 aliphatic carbocycles. The molecule has 0 spiro atoms. The molecule has 0 fully saturated rings. The highest BCUT2D eigenvalue weighted by Gasteiger charge is 2.15. The van der Waals surface area contributed by atoms with Crippen molar-refractivity contribution in [1.82, 2.24) is 9.55 Å². The van der Waals surface area contributed by atoms with Gasteiger partial charge in [-0.15, -0.1) is 0 Å². The van der Waals surface area contributed by atoms with E-state index < -0.39 is 11.6 Å². The van der Waals surface area contributed by atoms with Crippen molar-refractivity contribution in [3.63, 3.8) is 0 Å². The van der Waals surface area contributed by atoms with Crippen molar-refractivity contribution >= 4 is 0 Å². The number of rotatable bonds is 4. The molecule has 0 bridgehead atoms. The van der Waals surface area contributed by atoms with Crippen LogP contribution in [-0.4, -0.2) is 9.55 Å². The molecule has 1 aromatic carbocycles. The molecule has 0 radical (unpaired) electrons. The maximum atomic E-state index is 13.3. The van der Waals surface area contributed by atoms with Crippen LogP contribution in [0.3, 0.4) is 0 Å². The van der Waals surface area contributed by atoms with E-state index in [0.29, 0.717) is 11.6 Å². The third-order valence-electron chi connectivity index (χ3n) is 2.95. The Morgan fingerprint density at radius 3 is 2.63 bits per heavy atom. The van der Waals surface area contributed by atoms with Crippen molar-refractivity contribution < 1.29 is 8.78 Å². The van der Waals surface area contributed by atoms with Gasteiger partial charge in [-0.05, 0) is 24.5 Å². The fourth-order valence-corrected chi connectivity index (χ4v) is 2.06. The SMILES string of the molecule is CC(C)CC(N)c1cncn1-c1ccc(F)c(F)c1. The summed E-state index contributed by atoms with van der Waals surface area (Å²) in [5.41, 5.74) is 7.43. The van der Waals surface area contributed by atoms with E-state index in [2.05, 4.69) is 18.8 Å². The van der Waals surface area contributed by atoms with E-state index in [-0.39, 0.29) is 6.04 Å². The number of benzene rings is 1. The van der Waals surface area contributed by atoms with Crippen molar-refractivity contribution in [2.75, 3.05) is 0 Å². The van der Waals surface area contributed by atoms with Crippen LogP contribution in [0.5, 0.6) is 0 Å². The monoisotopic (exact) mass is 265 g/mol. The number of nitrogens with zero attached hydrogens (tertiary/aromatic N) is 2. The molecule has 2 aromatic rings. The minimum absolute atomic E-state index is 0.185. The zero-order chi connectivity index (χ0) is 14.0. The van der Waals surface area contributed by atoms with Gasteiger partial charge in [0.1, 0.15) is 0 Å². The number of hydrogen-bond donors (Lipinski definition) is 1. The molecular formula is C14H17F2N3. The largest absolute Gasteiger partial charge is 0.323 e. The van der Waals surface area contributed by atoms with Gasteiger partial charge in [0.15, 0.2) is 11.6 Å². The summed E-state index contributed by atoms with van der Waals surface area (Å²) in [6, 6.07) is 3.56. The molecule has 1 aromatic heterocycles. The van der Waals surface area contributed by atoms with Gasteiger partial charge in [0.25, 0.3) is 0 Å². The van der Waals surface area contributed by atoms with E-state index >= 15 is 0 Å². The van der Waals surface area contributed by atoms with Crippen molar-refractivity contribution in [3.8, 4) is 5.69 Å². The molecule has 19 heavy (non-hydrogen) atoms. The summed E-state index contributed by atoms with van der Waals surface area (Å²) >= 11 is 0. The highest BCUT2D eigenvalue weighted by Crippen LogP contribution is 2.22. The summed E-state index contributed by atoms with van der Waals surface area (Å²) in [6.07, 6.45) is 4.02. The third-order valence-corrected chi connectivity index (χ3v) is 2.95. The molecule has 102 valence electrons. The Morgan fingerprint density at radius 2 is 2.00 bits per heavy atom. The predicted octanol–water partition coefficient (Wildman–Crippen LogP) is 3.20. The van der Waals surface area contributed by atoms with Crippen molar-refractivity contribution in [2.45, 2.75) is 26.3 Å². The predicted molar refractivity (Wildman–Crippen MR) is 69.9 cm³/mol. The van der Waals surface area contributed by atoms with Gasteiger partial charge in [-0.25, -0.2) is 13.8 Å². The molecule has 0 saturated heterocycles. The Bertz CT molecular complexity index is 564. The van der Waals surface area contributed by atoms with E-state index in [1.165, 1.54) is 6.07 Å². The quantitative estimate of drug-likeness (QED) is 0.922. The lowest BCUT2D eigenvalue weighted by molar-refractivity contribution is 0.495. The smallest absolute Gasteiger partial charge is 0.160 e. The Balaban J connectivity index is 2.35. The molecule has 3 nitrogen and oxygen atoms in total. The van der Waals surface area contributed by atoms with E-state index in [9.17, 15) is 8.78 Å². The molecular weight excluding hydrogens is 248 g/mol. The first kappa shape index (κ1) is 13.7. The zero-order valence-electron chi connectivity index (χ0n) is 11.0. The summed E-state index contributed by atoms with van der Waals surface area (Å²) in [4.78, 5) is 4.05. The normalized spacial score (nSPS) is 12.9. The van der Waals surface area contributed by atoms with Crippen molar-refractivity contribution in [2.24, 2.45) is 11.7 Å². The van der Waals surface area contributed by atoms with Gasteiger partial charge in [0.2, 0.25) is 0 Å². The Morgan fingerprint density at radius 1 is 1.26 bits per heavy atom. The third kappa shape index (κ3) is 2.98. The Labute approximate surface area is 111 Å². The van der Waals surface area contributed by atoms with Crippen LogP contribution in [0.4, 0.5) is 8.78 Å². The van der Waals surface area contributed by atoms with E-state index in [0.717, 1.165) is 24.2 Å². The van der Waals surface area contributed by atoms with Gasteiger partial charge in [-0.2, -0.15) is 0 Å². The summed E-state index contributed by atoms with van der Waals surface area (Å²) in [5.74, 6) is -1.30. The second-order valence-electron chi connectivity index (χ2n) is 5.02. The highest BCUT2D eigenvalue weighted by molar-refractivity contribution is 5.35. The first-order valence-electron chi connectivity index (χ1n) is 6.22. The summed E-state index contributed by atoms with van der Waals surface area (Å²) in [7, 11) is 0. The maximum Gasteiger partial charge on any atom is 0.160 e. The number of imidazole rings is 1. The summed E-state index contributed by atoms with van der Waals surface area (Å²) < 4.78 is 27.9. The van der Waals surface area contributed by atoms with Crippen molar-refractivity contribution in [3.05, 3.63) is 48.1 Å². The fraction of sp³-hybridized carbons (Fsp3) is 0.357. The van der Waals surface area contributed by atoms with Gasteiger partial charge in [0.05, 0.1) is 18.2 Å². The van der Waals surface area contributed by atoms with E-state index in [4.69, 9.17) is 5.73 Å². The van der Waals surface area contributed by atoms with Crippen LogP contribution < -0.4 is 5.73 Å². The van der Waals surface area contributed by atoms with Crippen molar-refractivity contribution in [1.29, 1.82) is 0 Å². The Kier molecular flexibility index (Phi) is 3.95. The molecule has 1 heterocycles. The lowest BCUT2D eigenvalue weighted by Gasteiger charge is -2.16. The number of hydrogen-bond acceptors (Lipinski definition) is 2. The Hall–Kier alpha value is -1.75. The molecule has 0 aliphatic heterocycles. The molecule has 0 saturated carbocycles. The van der Waals surface area contributed by atoms with Crippen LogP contribution >= 0.6 is 0 Å². The maximum absolute atomic E-state index is 13.3. The lowest BCUT2D eigenvalue weighted by atomic mass is 10.0.